The summed E-state index contributed by atoms with van der Waals surface area (Å²) in [5.41, 5.74) is 4.31. The average molecular weight is 457 g/mol. The maximum atomic E-state index is 11.8. The van der Waals surface area contributed by atoms with Crippen LogP contribution in [-0.2, 0) is 4.79 Å². The summed E-state index contributed by atoms with van der Waals surface area (Å²) >= 11 is 0. The maximum Gasteiger partial charge on any atom is 0.228 e. The molecule has 2 N–H and O–H groups in total. The molecule has 3 fully saturated rings. The summed E-state index contributed by atoms with van der Waals surface area (Å²) in [7, 11) is 0. The van der Waals surface area contributed by atoms with E-state index >= 15 is 0 Å². The molecule has 1 amide bonds. The molecule has 3 aromatic heterocycles. The van der Waals surface area contributed by atoms with Gasteiger partial charge in [0.2, 0.25) is 5.91 Å². The second-order valence-corrected chi connectivity index (χ2v) is 9.20. The second kappa shape index (κ2) is 8.16. The van der Waals surface area contributed by atoms with Gasteiger partial charge in [0.25, 0.3) is 0 Å². The van der Waals surface area contributed by atoms with Gasteiger partial charge in [0.15, 0.2) is 5.65 Å². The van der Waals surface area contributed by atoms with Gasteiger partial charge in [-0.25, -0.2) is 9.97 Å². The lowest BCUT2D eigenvalue weighted by Gasteiger charge is -2.37. The number of hydrogen-bond donors (Lipinski definition) is 2. The number of fused-ring (bicyclic) bond motifs is 1. The van der Waals surface area contributed by atoms with Crippen LogP contribution in [0.25, 0.3) is 11.7 Å². The van der Waals surface area contributed by atoms with Gasteiger partial charge in [-0.1, -0.05) is 12.6 Å². The van der Waals surface area contributed by atoms with Crippen LogP contribution in [0, 0.1) is 6.92 Å². The van der Waals surface area contributed by atoms with Gasteiger partial charge in [-0.3, -0.25) is 4.79 Å². The monoisotopic (exact) mass is 456 g/mol. The summed E-state index contributed by atoms with van der Waals surface area (Å²) in [5.74, 6) is 2.97. The number of nitrogens with one attached hydrogen (secondary N) is 2. The smallest absolute Gasteiger partial charge is 0.228 e. The van der Waals surface area contributed by atoms with Crippen molar-refractivity contribution in [3.8, 4) is 0 Å². The standard InChI is InChI=1S/C25H28N8O/c1-16-23(32-11-9-31(10-12-32)21-5-3-4-8-26-21)30-25-19(13-18-14-22(34)28-17(18)2)15-27-33(25)24(16)29-20-6-7-20/h3-5,8,13,15,20,29H,2,6-7,9-12,14H2,1H3,(H,28,34)/b18-13+. The Labute approximate surface area is 198 Å². The number of pyridine rings is 1. The van der Waals surface area contributed by atoms with Gasteiger partial charge < -0.3 is 20.4 Å². The summed E-state index contributed by atoms with van der Waals surface area (Å²) in [5, 5.41) is 11.1. The number of aromatic nitrogens is 4. The predicted octanol–water partition coefficient (Wildman–Crippen LogP) is 2.75. The fourth-order valence-corrected chi connectivity index (χ4v) is 4.67. The molecule has 9 heteroatoms. The van der Waals surface area contributed by atoms with E-state index in [0.717, 1.165) is 66.0 Å². The van der Waals surface area contributed by atoms with Crippen molar-refractivity contribution >= 4 is 35.1 Å². The van der Waals surface area contributed by atoms with Crippen molar-refractivity contribution in [1.29, 1.82) is 0 Å². The normalized spacial score (nSPS) is 19.9. The molecule has 0 atom stereocenters. The van der Waals surface area contributed by atoms with Gasteiger partial charge in [-0.15, -0.1) is 0 Å². The Balaban J connectivity index is 1.36. The molecule has 34 heavy (non-hydrogen) atoms. The molecule has 9 nitrogen and oxygen atoms in total. The summed E-state index contributed by atoms with van der Waals surface area (Å²) in [6.07, 6.45) is 8.33. The van der Waals surface area contributed by atoms with E-state index in [2.05, 4.69) is 50.1 Å². The number of piperazine rings is 1. The summed E-state index contributed by atoms with van der Waals surface area (Å²) in [6.45, 7) is 9.60. The fraction of sp³-hybridized carbons (Fsp3) is 0.360. The number of anilines is 3. The zero-order chi connectivity index (χ0) is 23.2. The van der Waals surface area contributed by atoms with Crippen molar-refractivity contribution in [2.75, 3.05) is 41.3 Å². The Bertz CT molecular complexity index is 1300. The molecule has 3 aromatic rings. The second-order valence-electron chi connectivity index (χ2n) is 9.20. The zero-order valence-electron chi connectivity index (χ0n) is 19.3. The number of carbonyl (C=O) groups excluding carboxylic acids is 1. The summed E-state index contributed by atoms with van der Waals surface area (Å²) in [4.78, 5) is 26.1. The highest BCUT2D eigenvalue weighted by molar-refractivity contribution is 5.90. The van der Waals surface area contributed by atoms with Gasteiger partial charge in [0, 0.05) is 55.2 Å². The van der Waals surface area contributed by atoms with Gasteiger partial charge in [0.1, 0.15) is 17.5 Å². The molecule has 1 aliphatic carbocycles. The topological polar surface area (TPSA) is 90.7 Å². The van der Waals surface area contributed by atoms with E-state index in [1.165, 1.54) is 12.8 Å². The number of nitrogens with zero attached hydrogens (tertiary/aromatic N) is 6. The quantitative estimate of drug-likeness (QED) is 0.610. The van der Waals surface area contributed by atoms with E-state index in [0.29, 0.717) is 18.2 Å². The van der Waals surface area contributed by atoms with Crippen LogP contribution in [0.5, 0.6) is 0 Å². The van der Waals surface area contributed by atoms with E-state index in [4.69, 9.17) is 4.98 Å². The van der Waals surface area contributed by atoms with E-state index in [1.54, 1.807) is 0 Å². The molecule has 0 spiro atoms. The average Bonchev–Trinajstić information content (AvgIpc) is 3.50. The maximum absolute atomic E-state index is 11.8. The first-order valence-corrected chi connectivity index (χ1v) is 11.8. The van der Waals surface area contributed by atoms with Crippen LogP contribution >= 0.6 is 0 Å². The summed E-state index contributed by atoms with van der Waals surface area (Å²) in [6, 6.07) is 6.52. The minimum atomic E-state index is -0.0286. The Hall–Kier alpha value is -3.88. The molecule has 0 unspecified atom stereocenters. The van der Waals surface area contributed by atoms with Crippen molar-refractivity contribution in [2.45, 2.75) is 32.2 Å². The molecule has 2 saturated heterocycles. The molecule has 0 radical (unpaired) electrons. The molecule has 0 bridgehead atoms. The van der Waals surface area contributed by atoms with Crippen molar-refractivity contribution in [1.82, 2.24) is 24.9 Å². The van der Waals surface area contributed by atoms with Crippen molar-refractivity contribution in [3.05, 3.63) is 59.6 Å². The SMILES string of the molecule is C=C1NC(=O)C/C1=C\c1cnn2c(NC3CC3)c(C)c(N3CCN(c4ccccn4)CC3)nc12. The molecular formula is C25H28N8O. The Morgan fingerprint density at radius 2 is 1.97 bits per heavy atom. The highest BCUT2D eigenvalue weighted by Gasteiger charge is 2.28. The van der Waals surface area contributed by atoms with E-state index in [1.807, 2.05) is 35.1 Å². The third-order valence-electron chi connectivity index (χ3n) is 6.71. The molecule has 2 aliphatic heterocycles. The first-order chi connectivity index (χ1) is 16.6. The van der Waals surface area contributed by atoms with Crippen LogP contribution < -0.4 is 20.4 Å². The molecule has 0 aromatic carbocycles. The van der Waals surface area contributed by atoms with Gasteiger partial charge >= 0.3 is 0 Å². The number of hydrogen-bond acceptors (Lipinski definition) is 7. The van der Waals surface area contributed by atoms with Crippen LogP contribution in [0.1, 0.15) is 30.4 Å². The fourth-order valence-electron chi connectivity index (χ4n) is 4.67. The van der Waals surface area contributed by atoms with Gasteiger partial charge in [0.05, 0.1) is 12.6 Å². The number of carbonyl (C=O) groups is 1. The van der Waals surface area contributed by atoms with Crippen LogP contribution in [0.4, 0.5) is 17.5 Å². The van der Waals surface area contributed by atoms with Gasteiger partial charge in [-0.05, 0) is 43.5 Å². The summed E-state index contributed by atoms with van der Waals surface area (Å²) < 4.78 is 1.90. The first kappa shape index (κ1) is 20.7. The van der Waals surface area contributed by atoms with Gasteiger partial charge in [-0.2, -0.15) is 9.61 Å². The highest BCUT2D eigenvalue weighted by atomic mass is 16.1. The lowest BCUT2D eigenvalue weighted by Crippen LogP contribution is -2.47. The highest BCUT2D eigenvalue weighted by Crippen LogP contribution is 2.33. The lowest BCUT2D eigenvalue weighted by atomic mass is 10.1. The first-order valence-electron chi connectivity index (χ1n) is 11.8. The van der Waals surface area contributed by atoms with Crippen LogP contribution in [0.2, 0.25) is 0 Å². The number of amides is 1. The van der Waals surface area contributed by atoms with Crippen molar-refractivity contribution < 1.29 is 4.79 Å². The Kier molecular flexibility index (Phi) is 4.97. The van der Waals surface area contributed by atoms with Crippen molar-refractivity contribution in [2.24, 2.45) is 0 Å². The molecule has 3 aliphatic rings. The molecule has 174 valence electrons. The van der Waals surface area contributed by atoms with E-state index in [-0.39, 0.29) is 5.91 Å². The molecular weight excluding hydrogens is 428 g/mol. The third kappa shape index (κ3) is 3.76. The lowest BCUT2D eigenvalue weighted by molar-refractivity contribution is -0.118. The number of rotatable bonds is 5. The van der Waals surface area contributed by atoms with Crippen LogP contribution in [-0.4, -0.2) is 57.7 Å². The predicted molar refractivity (Wildman–Crippen MR) is 133 cm³/mol. The van der Waals surface area contributed by atoms with Crippen LogP contribution in [0.15, 0.2) is 48.4 Å². The van der Waals surface area contributed by atoms with E-state index < -0.39 is 0 Å². The van der Waals surface area contributed by atoms with Crippen molar-refractivity contribution in [3.63, 3.8) is 0 Å². The molecule has 6 rings (SSSR count). The largest absolute Gasteiger partial charge is 0.367 e. The third-order valence-corrected chi connectivity index (χ3v) is 6.71. The van der Waals surface area contributed by atoms with E-state index in [9.17, 15) is 4.79 Å². The molecule has 1 saturated carbocycles. The van der Waals surface area contributed by atoms with Crippen LogP contribution in [0.3, 0.4) is 0 Å². The number of allylic oxidation sites excluding steroid dienone is 1. The Morgan fingerprint density at radius 3 is 2.65 bits per heavy atom. The minimum Gasteiger partial charge on any atom is -0.367 e. The Morgan fingerprint density at radius 1 is 1.18 bits per heavy atom. The zero-order valence-corrected chi connectivity index (χ0v) is 19.3. The molecule has 5 heterocycles. The minimum absolute atomic E-state index is 0.0286.